The molecule has 0 aromatic heterocycles. The predicted octanol–water partition coefficient (Wildman–Crippen LogP) is 3.49. The minimum atomic E-state index is -0.374. The largest absolute Gasteiger partial charge is 0.508 e. The van der Waals surface area contributed by atoms with Gasteiger partial charge in [-0.1, -0.05) is 0 Å². The number of aromatic hydroxyl groups is 3. The molecule has 1 aliphatic heterocycles. The third-order valence-electron chi connectivity index (χ3n) is 8.01. The first-order valence-corrected chi connectivity index (χ1v) is 10.7. The molecule has 5 fully saturated rings. The summed E-state index contributed by atoms with van der Waals surface area (Å²) in [5.41, 5.74) is 3.16. The molecular formula is C24H25NO5. The Balaban J connectivity index is 1.32. The molecule has 2 aromatic rings. The van der Waals surface area contributed by atoms with Crippen LogP contribution in [0.25, 0.3) is 0 Å². The maximum absolute atomic E-state index is 12.9. The third-order valence-corrected chi connectivity index (χ3v) is 8.01. The highest BCUT2D eigenvalue weighted by Crippen LogP contribution is 2.71. The fraction of sp³-hybridized carbons (Fsp3) is 0.458. The van der Waals surface area contributed by atoms with Crippen LogP contribution in [0.15, 0.2) is 30.3 Å². The van der Waals surface area contributed by atoms with Crippen molar-refractivity contribution in [2.45, 2.75) is 43.7 Å². The van der Waals surface area contributed by atoms with Gasteiger partial charge in [0.05, 0.1) is 12.2 Å². The molecule has 0 radical (unpaired) electrons. The molecule has 5 aliphatic rings. The molecule has 4 N–H and O–H groups in total. The van der Waals surface area contributed by atoms with E-state index in [4.69, 9.17) is 4.74 Å². The zero-order valence-corrected chi connectivity index (χ0v) is 16.6. The Morgan fingerprint density at radius 3 is 2.40 bits per heavy atom. The number of nitrogens with one attached hydrogen (secondary N) is 1. The van der Waals surface area contributed by atoms with Crippen molar-refractivity contribution in [1.29, 1.82) is 0 Å². The lowest BCUT2D eigenvalue weighted by Crippen LogP contribution is -2.28. The number of rotatable bonds is 5. The van der Waals surface area contributed by atoms with Gasteiger partial charge in [-0.15, -0.1) is 0 Å². The first-order valence-electron chi connectivity index (χ1n) is 10.7. The molecule has 6 heteroatoms. The van der Waals surface area contributed by atoms with Crippen LogP contribution in [0.5, 0.6) is 17.2 Å². The second kappa shape index (κ2) is 6.14. The first-order chi connectivity index (χ1) is 14.4. The van der Waals surface area contributed by atoms with Gasteiger partial charge < -0.3 is 25.4 Å². The van der Waals surface area contributed by atoms with Crippen LogP contribution in [0, 0.1) is 17.8 Å². The van der Waals surface area contributed by atoms with Crippen molar-refractivity contribution in [1.82, 2.24) is 5.32 Å². The van der Waals surface area contributed by atoms with Gasteiger partial charge in [-0.2, -0.15) is 0 Å². The molecule has 4 bridgehead atoms. The van der Waals surface area contributed by atoms with Crippen molar-refractivity contribution in [3.8, 4) is 17.2 Å². The van der Waals surface area contributed by atoms with Gasteiger partial charge in [0.25, 0.3) is 5.91 Å². The Morgan fingerprint density at radius 1 is 1.07 bits per heavy atom. The van der Waals surface area contributed by atoms with Crippen molar-refractivity contribution in [3.05, 3.63) is 52.6 Å². The standard InChI is InChI=1S/C24H25NO5/c26-16-2-1-12(20(27)5-16)10-25-23(29)18-6-19(17(7-21(18)28)22-11-30-22)24-8-13-3-15(24)4-14(13)9-24/h1-2,5-7,13-15,22,26-28H,3-4,8-11H2,(H,25,29). The Labute approximate surface area is 174 Å². The van der Waals surface area contributed by atoms with Crippen molar-refractivity contribution in [2.24, 2.45) is 17.8 Å². The zero-order valence-electron chi connectivity index (χ0n) is 16.6. The van der Waals surface area contributed by atoms with Gasteiger partial charge in [0.2, 0.25) is 0 Å². The van der Waals surface area contributed by atoms with Crippen molar-refractivity contribution >= 4 is 5.91 Å². The van der Waals surface area contributed by atoms with Crippen LogP contribution in [0.4, 0.5) is 0 Å². The van der Waals surface area contributed by atoms with E-state index in [9.17, 15) is 20.1 Å². The van der Waals surface area contributed by atoms with Gasteiger partial charge in [0, 0.05) is 18.2 Å². The molecule has 7 rings (SSSR count). The number of carbonyl (C=O) groups excluding carboxylic acids is 1. The van der Waals surface area contributed by atoms with Crippen LogP contribution in [-0.4, -0.2) is 27.8 Å². The lowest BCUT2D eigenvalue weighted by Gasteiger charge is -2.32. The van der Waals surface area contributed by atoms with Gasteiger partial charge in [0.1, 0.15) is 23.4 Å². The number of benzene rings is 2. The number of phenolic OH excluding ortho intramolecular Hbond substituents is 3. The lowest BCUT2D eigenvalue weighted by atomic mass is 9.72. The van der Waals surface area contributed by atoms with Crippen LogP contribution >= 0.6 is 0 Å². The summed E-state index contributed by atoms with van der Waals surface area (Å²) in [7, 11) is 0. The minimum Gasteiger partial charge on any atom is -0.508 e. The summed E-state index contributed by atoms with van der Waals surface area (Å²) in [6.07, 6.45) is 4.99. The molecule has 3 unspecified atom stereocenters. The maximum atomic E-state index is 12.9. The van der Waals surface area contributed by atoms with Crippen LogP contribution < -0.4 is 5.32 Å². The SMILES string of the molecule is O=C(NCc1ccc(O)cc1O)c1cc(C23CC4CC2CC4C3)c(C2CO2)cc1O. The first kappa shape index (κ1) is 18.1. The summed E-state index contributed by atoms with van der Waals surface area (Å²) < 4.78 is 5.57. The van der Waals surface area contributed by atoms with Crippen molar-refractivity contribution in [3.63, 3.8) is 0 Å². The monoisotopic (exact) mass is 407 g/mol. The van der Waals surface area contributed by atoms with Crippen molar-refractivity contribution < 1.29 is 24.9 Å². The topological polar surface area (TPSA) is 102 Å². The molecule has 0 spiro atoms. The fourth-order valence-corrected chi connectivity index (χ4v) is 6.64. The van der Waals surface area contributed by atoms with E-state index in [0.717, 1.165) is 17.4 Å². The van der Waals surface area contributed by atoms with Gasteiger partial charge >= 0.3 is 0 Å². The van der Waals surface area contributed by atoms with Crippen LogP contribution in [0.3, 0.4) is 0 Å². The molecule has 1 amide bonds. The zero-order chi connectivity index (χ0) is 20.6. The van der Waals surface area contributed by atoms with Gasteiger partial charge in [-0.25, -0.2) is 0 Å². The average Bonchev–Trinajstić information content (AvgIpc) is 3.10. The summed E-state index contributed by atoms with van der Waals surface area (Å²) in [5, 5.41) is 32.8. The van der Waals surface area contributed by atoms with E-state index in [-0.39, 0.29) is 46.8 Å². The molecule has 30 heavy (non-hydrogen) atoms. The molecule has 3 atom stereocenters. The highest BCUT2D eigenvalue weighted by Gasteiger charge is 2.64. The Kier molecular flexibility index (Phi) is 3.70. The van der Waals surface area contributed by atoms with E-state index in [1.54, 1.807) is 12.1 Å². The van der Waals surface area contributed by atoms with E-state index < -0.39 is 0 Å². The molecular weight excluding hydrogens is 382 g/mol. The summed E-state index contributed by atoms with van der Waals surface area (Å²) in [6.45, 7) is 0.775. The van der Waals surface area contributed by atoms with Crippen LogP contribution in [0.1, 0.15) is 58.8 Å². The Morgan fingerprint density at radius 2 is 1.80 bits per heavy atom. The number of carbonyl (C=O) groups is 1. The quantitative estimate of drug-likeness (QED) is 0.568. The summed E-state index contributed by atoms with van der Waals surface area (Å²) in [5.74, 6) is 1.78. The third kappa shape index (κ3) is 2.56. The van der Waals surface area contributed by atoms with Gasteiger partial charge in [-0.05, 0) is 84.2 Å². The average molecular weight is 407 g/mol. The summed E-state index contributed by atoms with van der Waals surface area (Å²) in [6, 6.07) is 7.90. The van der Waals surface area contributed by atoms with E-state index in [0.29, 0.717) is 18.1 Å². The predicted molar refractivity (Wildman–Crippen MR) is 108 cm³/mol. The van der Waals surface area contributed by atoms with Crippen LogP contribution in [-0.2, 0) is 16.7 Å². The molecule has 4 aliphatic carbocycles. The molecule has 6 nitrogen and oxygen atoms in total. The second-order valence-corrected chi connectivity index (χ2v) is 9.53. The number of amides is 1. The van der Waals surface area contributed by atoms with Gasteiger partial charge in [0.15, 0.2) is 0 Å². The van der Waals surface area contributed by atoms with Crippen molar-refractivity contribution in [2.75, 3.05) is 6.61 Å². The molecule has 2 aromatic carbocycles. The molecule has 4 saturated carbocycles. The number of hydrogen-bond donors (Lipinski definition) is 4. The minimum absolute atomic E-state index is 0.0307. The van der Waals surface area contributed by atoms with Gasteiger partial charge in [-0.3, -0.25) is 4.79 Å². The smallest absolute Gasteiger partial charge is 0.255 e. The Bertz CT molecular complexity index is 1050. The number of ether oxygens (including phenoxy) is 1. The second-order valence-electron chi connectivity index (χ2n) is 9.53. The molecule has 156 valence electrons. The number of epoxide rings is 1. The molecule has 1 heterocycles. The van der Waals surface area contributed by atoms with E-state index in [1.807, 2.05) is 6.07 Å². The maximum Gasteiger partial charge on any atom is 0.255 e. The number of phenols is 3. The Hall–Kier alpha value is -2.73. The highest BCUT2D eigenvalue weighted by atomic mass is 16.6. The normalized spacial score (nSPS) is 32.7. The summed E-state index contributed by atoms with van der Waals surface area (Å²) >= 11 is 0. The van der Waals surface area contributed by atoms with E-state index in [1.165, 1.54) is 43.4 Å². The van der Waals surface area contributed by atoms with Crippen LogP contribution in [0.2, 0.25) is 0 Å². The van der Waals surface area contributed by atoms with E-state index >= 15 is 0 Å². The summed E-state index contributed by atoms with van der Waals surface area (Å²) in [4.78, 5) is 12.9. The number of hydrogen-bond acceptors (Lipinski definition) is 5. The lowest BCUT2D eigenvalue weighted by molar-refractivity contribution is 0.0947. The molecule has 1 saturated heterocycles. The fourth-order valence-electron chi connectivity index (χ4n) is 6.64. The van der Waals surface area contributed by atoms with E-state index in [2.05, 4.69) is 5.32 Å². The highest BCUT2D eigenvalue weighted by molar-refractivity contribution is 5.97.